The van der Waals surface area contributed by atoms with Gasteiger partial charge in [-0.2, -0.15) is 4.52 Å². The maximum absolute atomic E-state index is 5.79. The highest BCUT2D eigenvalue weighted by Crippen LogP contribution is 2.38. The van der Waals surface area contributed by atoms with Crippen molar-refractivity contribution < 1.29 is 4.52 Å². The molecule has 0 aromatic carbocycles. The second-order valence-corrected chi connectivity index (χ2v) is 7.88. The Balaban J connectivity index is 2.61. The summed E-state index contributed by atoms with van der Waals surface area (Å²) in [7, 11) is 1.97. The van der Waals surface area contributed by atoms with Crippen molar-refractivity contribution in [3.8, 4) is 0 Å². The molecule has 0 bridgehead atoms. The van der Waals surface area contributed by atoms with Crippen molar-refractivity contribution in [1.29, 1.82) is 0 Å². The number of likely N-dealkylation sites (N-methyl/N-ethyl adjacent to an activating group) is 1. The lowest BCUT2D eigenvalue weighted by molar-refractivity contribution is 0.0796. The summed E-state index contributed by atoms with van der Waals surface area (Å²) in [5, 5.41) is 3.21. The van der Waals surface area contributed by atoms with Gasteiger partial charge in [-0.25, -0.2) is 0 Å². The van der Waals surface area contributed by atoms with E-state index in [1.807, 2.05) is 7.05 Å². The van der Waals surface area contributed by atoms with Crippen LogP contribution in [0.2, 0.25) is 0 Å². The van der Waals surface area contributed by atoms with Crippen LogP contribution in [0.1, 0.15) is 39.0 Å². The van der Waals surface area contributed by atoms with Crippen LogP contribution in [0.4, 0.5) is 0 Å². The zero-order valence-electron chi connectivity index (χ0n) is 10.1. The summed E-state index contributed by atoms with van der Waals surface area (Å²) in [6.07, 6.45) is 5.74. The predicted molar refractivity (Wildman–Crippen MR) is 76.2 cm³/mol. The van der Waals surface area contributed by atoms with Crippen molar-refractivity contribution >= 4 is 30.2 Å². The second kappa shape index (κ2) is 7.99. The van der Waals surface area contributed by atoms with Gasteiger partial charge in [-0.05, 0) is 25.3 Å². The molecule has 0 aromatic heterocycles. The molecule has 1 aliphatic rings. The van der Waals surface area contributed by atoms with Crippen LogP contribution in [0.5, 0.6) is 0 Å². The third-order valence-electron chi connectivity index (χ3n) is 3.60. The average Bonchev–Trinajstić information content (AvgIpc) is 2.28. The summed E-state index contributed by atoms with van der Waals surface area (Å²) in [6, 6.07) is 0. The molecule has 0 saturated heterocycles. The third-order valence-corrected chi connectivity index (χ3v) is 4.56. The molecule has 1 saturated carbocycles. The Hall–Kier alpha value is 0.790. The van der Waals surface area contributed by atoms with Gasteiger partial charge >= 0.3 is 0 Å². The molecule has 1 rings (SSSR count). The topological polar surface area (TPSA) is 21.3 Å². The summed E-state index contributed by atoms with van der Waals surface area (Å²) >= 11 is 10.1. The molecule has 5 heteroatoms. The molecular formula is C11H22NOPS2. The molecule has 2 nitrogen and oxygen atoms in total. The van der Waals surface area contributed by atoms with Crippen LogP contribution in [0.25, 0.3) is 0 Å². The van der Waals surface area contributed by atoms with E-state index >= 15 is 0 Å². The molecule has 0 radical (unpaired) electrons. The lowest BCUT2D eigenvalue weighted by Gasteiger charge is -2.34. The quantitative estimate of drug-likeness (QED) is 0.595. The Labute approximate surface area is 111 Å². The molecule has 0 aromatic rings. The Morgan fingerprint density at radius 2 is 2.19 bits per heavy atom. The van der Waals surface area contributed by atoms with Crippen molar-refractivity contribution in [3.05, 3.63) is 0 Å². The van der Waals surface area contributed by atoms with Gasteiger partial charge in [0.15, 0.2) is 11.8 Å². The molecule has 94 valence electrons. The molecular weight excluding hydrogens is 257 g/mol. The van der Waals surface area contributed by atoms with Crippen LogP contribution in [0, 0.1) is 11.8 Å². The average molecular weight is 279 g/mol. The lowest BCUT2D eigenvalue weighted by Crippen LogP contribution is -2.37. The maximum atomic E-state index is 5.79. The standard InChI is InChI=1S/C11H22NOPS2/c1-3-9-6-4-5-7-10(9)11(8-12-2)13-14(15)16/h9-12H,3-8H2,1-2H3. The van der Waals surface area contributed by atoms with Gasteiger partial charge in [-0.1, -0.05) is 32.6 Å². The first kappa shape index (κ1) is 14.8. The molecule has 0 amide bonds. The molecule has 16 heavy (non-hydrogen) atoms. The van der Waals surface area contributed by atoms with E-state index in [2.05, 4.69) is 12.2 Å². The smallest absolute Gasteiger partial charge is 0.201 e. The van der Waals surface area contributed by atoms with E-state index in [4.69, 9.17) is 28.6 Å². The Bertz CT molecular complexity index is 228. The molecule has 1 N–H and O–H groups in total. The highest BCUT2D eigenvalue weighted by molar-refractivity contribution is 8.45. The first-order valence-electron chi connectivity index (χ1n) is 6.14. The minimum absolute atomic E-state index is 0.233. The van der Waals surface area contributed by atoms with Crippen LogP contribution in [-0.4, -0.2) is 19.7 Å². The fraction of sp³-hybridized carbons (Fsp3) is 1.00. The van der Waals surface area contributed by atoms with Crippen molar-refractivity contribution in [2.45, 2.75) is 45.1 Å². The van der Waals surface area contributed by atoms with Crippen molar-refractivity contribution in [1.82, 2.24) is 5.32 Å². The highest BCUT2D eigenvalue weighted by atomic mass is 32.9. The van der Waals surface area contributed by atoms with Gasteiger partial charge in [0, 0.05) is 6.54 Å². The second-order valence-electron chi connectivity index (χ2n) is 4.54. The van der Waals surface area contributed by atoms with Crippen molar-refractivity contribution in [2.75, 3.05) is 13.6 Å². The summed E-state index contributed by atoms with van der Waals surface area (Å²) < 4.78 is 5.79. The first-order chi connectivity index (χ1) is 7.69. The van der Waals surface area contributed by atoms with E-state index in [-0.39, 0.29) is 6.10 Å². The molecule has 0 heterocycles. The van der Waals surface area contributed by atoms with Crippen LogP contribution < -0.4 is 5.32 Å². The fourth-order valence-electron chi connectivity index (χ4n) is 2.81. The first-order valence-corrected chi connectivity index (χ1v) is 9.43. The number of rotatable bonds is 6. The zero-order chi connectivity index (χ0) is 12.0. The molecule has 4 unspecified atom stereocenters. The molecule has 0 aliphatic heterocycles. The van der Waals surface area contributed by atoms with Gasteiger partial charge in [0.25, 0.3) is 0 Å². The highest BCUT2D eigenvalue weighted by Gasteiger charge is 2.33. The van der Waals surface area contributed by atoms with E-state index < -0.39 is 6.13 Å². The minimum atomic E-state index is -1.07. The normalized spacial score (nSPS) is 28.8. The van der Waals surface area contributed by atoms with E-state index in [1.165, 1.54) is 32.1 Å². The van der Waals surface area contributed by atoms with Crippen molar-refractivity contribution in [2.24, 2.45) is 11.8 Å². The number of hydrogen-bond donors (Lipinski definition) is 1. The van der Waals surface area contributed by atoms with E-state index in [1.54, 1.807) is 0 Å². The van der Waals surface area contributed by atoms with E-state index in [0.717, 1.165) is 12.5 Å². The Kier molecular flexibility index (Phi) is 7.42. The van der Waals surface area contributed by atoms with Gasteiger partial charge < -0.3 is 17.6 Å². The predicted octanol–water partition coefficient (Wildman–Crippen LogP) is 3.13. The largest absolute Gasteiger partial charge is 0.441 e. The molecule has 1 fully saturated rings. The molecule has 4 atom stereocenters. The zero-order valence-corrected chi connectivity index (χ0v) is 12.7. The van der Waals surface area contributed by atoms with Gasteiger partial charge in [0.1, 0.15) is 6.10 Å². The summed E-state index contributed by atoms with van der Waals surface area (Å²) in [5.41, 5.74) is 0. The lowest BCUT2D eigenvalue weighted by atomic mass is 9.75. The Morgan fingerprint density at radius 3 is 2.75 bits per heavy atom. The number of hydrogen-bond acceptors (Lipinski definition) is 4. The van der Waals surface area contributed by atoms with Gasteiger partial charge in [-0.3, -0.25) is 0 Å². The van der Waals surface area contributed by atoms with Gasteiger partial charge in [0.05, 0.1) is 0 Å². The number of nitrogens with one attached hydrogen (secondary N) is 1. The molecule has 1 aliphatic carbocycles. The SMILES string of the molecule is CCC1CCCCC1C(CNC)O[P+](=S)[S-]. The maximum Gasteiger partial charge on any atom is 0.201 e. The van der Waals surface area contributed by atoms with Crippen LogP contribution >= 0.6 is 6.13 Å². The van der Waals surface area contributed by atoms with Crippen molar-refractivity contribution in [3.63, 3.8) is 0 Å². The van der Waals surface area contributed by atoms with E-state index in [0.29, 0.717) is 5.92 Å². The Morgan fingerprint density at radius 1 is 1.50 bits per heavy atom. The van der Waals surface area contributed by atoms with Crippen LogP contribution in [-0.2, 0) is 28.6 Å². The van der Waals surface area contributed by atoms with Gasteiger partial charge in [0.2, 0.25) is 6.13 Å². The molecule has 0 spiro atoms. The van der Waals surface area contributed by atoms with E-state index in [9.17, 15) is 0 Å². The monoisotopic (exact) mass is 279 g/mol. The third kappa shape index (κ3) is 4.58. The van der Waals surface area contributed by atoms with Crippen LogP contribution in [0.15, 0.2) is 0 Å². The fourth-order valence-corrected chi connectivity index (χ4v) is 3.93. The minimum Gasteiger partial charge on any atom is -0.441 e. The van der Waals surface area contributed by atoms with Crippen LogP contribution in [0.3, 0.4) is 0 Å². The summed E-state index contributed by atoms with van der Waals surface area (Å²) in [5.74, 6) is 1.45. The summed E-state index contributed by atoms with van der Waals surface area (Å²) in [6.45, 7) is 3.16. The summed E-state index contributed by atoms with van der Waals surface area (Å²) in [4.78, 5) is 0. The van der Waals surface area contributed by atoms with Gasteiger partial charge in [-0.15, -0.1) is 0 Å².